The van der Waals surface area contributed by atoms with Gasteiger partial charge >= 0.3 is 0 Å². The summed E-state index contributed by atoms with van der Waals surface area (Å²) >= 11 is 1.57. The molecule has 5 rings (SSSR count). The van der Waals surface area contributed by atoms with Gasteiger partial charge in [-0.2, -0.15) is 0 Å². The van der Waals surface area contributed by atoms with Crippen molar-refractivity contribution in [1.29, 1.82) is 0 Å². The van der Waals surface area contributed by atoms with Crippen LogP contribution in [0, 0.1) is 6.92 Å². The van der Waals surface area contributed by atoms with E-state index in [2.05, 4.69) is 27.1 Å². The molecule has 1 N–H and O–H groups in total. The molecule has 4 aromatic rings. The number of likely N-dealkylation sites (N-methyl/N-ethyl adjacent to an activating group) is 1. The van der Waals surface area contributed by atoms with Crippen molar-refractivity contribution in [2.45, 2.75) is 33.4 Å². The van der Waals surface area contributed by atoms with Crippen LogP contribution in [0.5, 0.6) is 5.75 Å². The highest BCUT2D eigenvalue weighted by Crippen LogP contribution is 2.28. The number of imidazole rings is 1. The summed E-state index contributed by atoms with van der Waals surface area (Å²) < 4.78 is 7.90. The summed E-state index contributed by atoms with van der Waals surface area (Å²) in [6.45, 7) is 7.50. The first-order valence-corrected chi connectivity index (χ1v) is 11.6. The van der Waals surface area contributed by atoms with Crippen molar-refractivity contribution >= 4 is 28.0 Å². The Balaban J connectivity index is 1.24. The van der Waals surface area contributed by atoms with Crippen LogP contribution in [-0.4, -0.2) is 38.3 Å². The number of carbonyl (C=O) groups excluding carboxylic acids is 1. The number of anilines is 1. The second-order valence-electron chi connectivity index (χ2n) is 7.98. The standard InChI is InChI=1S/C24H25N5O2S/c1-3-28-10-9-20-21(14-28)32-24(26-20)27-23(30)17-5-4-6-19(11-17)31-15-18-13-29-12-16(2)7-8-22(29)25-18/h4-8,11-13H,3,9-10,14-15H2,1-2H3,(H,26,27,30). The molecule has 32 heavy (non-hydrogen) atoms. The number of benzene rings is 1. The van der Waals surface area contributed by atoms with E-state index in [1.54, 1.807) is 23.5 Å². The molecule has 4 heterocycles. The summed E-state index contributed by atoms with van der Waals surface area (Å²) in [5.41, 5.74) is 4.53. The number of nitrogens with one attached hydrogen (secondary N) is 1. The van der Waals surface area contributed by atoms with Gasteiger partial charge in [-0.1, -0.05) is 19.1 Å². The van der Waals surface area contributed by atoms with Crippen LogP contribution in [0.3, 0.4) is 0 Å². The van der Waals surface area contributed by atoms with E-state index in [9.17, 15) is 4.79 Å². The van der Waals surface area contributed by atoms with Gasteiger partial charge in [0.2, 0.25) is 0 Å². The Labute approximate surface area is 190 Å². The smallest absolute Gasteiger partial charge is 0.257 e. The number of nitrogens with zero attached hydrogens (tertiary/aromatic N) is 4. The fourth-order valence-corrected chi connectivity index (χ4v) is 4.90. The van der Waals surface area contributed by atoms with Crippen molar-refractivity contribution in [2.75, 3.05) is 18.4 Å². The zero-order valence-corrected chi connectivity index (χ0v) is 19.0. The number of amides is 1. The van der Waals surface area contributed by atoms with E-state index >= 15 is 0 Å². The maximum atomic E-state index is 12.8. The van der Waals surface area contributed by atoms with Crippen molar-refractivity contribution in [3.05, 3.63) is 76.2 Å². The molecule has 0 unspecified atom stereocenters. The Morgan fingerprint density at radius 3 is 3.00 bits per heavy atom. The highest BCUT2D eigenvalue weighted by atomic mass is 32.1. The number of ether oxygens (including phenoxy) is 1. The van der Waals surface area contributed by atoms with Crippen molar-refractivity contribution < 1.29 is 9.53 Å². The van der Waals surface area contributed by atoms with Gasteiger partial charge < -0.3 is 9.14 Å². The zero-order chi connectivity index (χ0) is 22.1. The molecule has 8 heteroatoms. The lowest BCUT2D eigenvalue weighted by molar-refractivity contribution is 0.102. The molecular formula is C24H25N5O2S. The number of carbonyl (C=O) groups is 1. The minimum Gasteiger partial charge on any atom is -0.487 e. The Bertz CT molecular complexity index is 1280. The maximum absolute atomic E-state index is 12.8. The van der Waals surface area contributed by atoms with Gasteiger partial charge in [0.25, 0.3) is 5.91 Å². The fraction of sp³-hybridized carbons (Fsp3) is 0.292. The number of hydrogen-bond acceptors (Lipinski definition) is 6. The lowest BCUT2D eigenvalue weighted by Crippen LogP contribution is -2.29. The van der Waals surface area contributed by atoms with Crippen LogP contribution in [0.15, 0.2) is 48.8 Å². The Morgan fingerprint density at radius 1 is 1.22 bits per heavy atom. The Hall–Kier alpha value is -3.23. The van der Waals surface area contributed by atoms with E-state index in [1.807, 2.05) is 48.0 Å². The van der Waals surface area contributed by atoms with Gasteiger partial charge in [0.1, 0.15) is 18.0 Å². The molecule has 1 aromatic carbocycles. The Morgan fingerprint density at radius 2 is 2.12 bits per heavy atom. The van der Waals surface area contributed by atoms with Gasteiger partial charge in [0.15, 0.2) is 5.13 Å². The summed E-state index contributed by atoms with van der Waals surface area (Å²) in [7, 11) is 0. The van der Waals surface area contributed by atoms with Crippen LogP contribution in [0.1, 0.15) is 39.1 Å². The largest absolute Gasteiger partial charge is 0.487 e. The predicted molar refractivity (Wildman–Crippen MR) is 125 cm³/mol. The molecule has 0 radical (unpaired) electrons. The number of aromatic nitrogens is 3. The summed E-state index contributed by atoms with van der Waals surface area (Å²) in [4.78, 5) is 25.6. The highest BCUT2D eigenvalue weighted by molar-refractivity contribution is 7.15. The zero-order valence-electron chi connectivity index (χ0n) is 18.2. The SMILES string of the molecule is CCN1CCc2nc(NC(=O)c3cccc(OCc4cn5cc(C)ccc5n4)c3)sc2C1. The molecule has 0 aliphatic carbocycles. The van der Waals surface area contributed by atoms with Crippen LogP contribution >= 0.6 is 11.3 Å². The van der Waals surface area contributed by atoms with Gasteiger partial charge in [0, 0.05) is 42.3 Å². The molecule has 0 atom stereocenters. The number of hydrogen-bond donors (Lipinski definition) is 1. The molecule has 0 saturated heterocycles. The second kappa shape index (κ2) is 8.72. The van der Waals surface area contributed by atoms with Crippen LogP contribution < -0.4 is 10.1 Å². The monoisotopic (exact) mass is 447 g/mol. The maximum Gasteiger partial charge on any atom is 0.257 e. The molecule has 164 valence electrons. The minimum absolute atomic E-state index is 0.183. The molecule has 1 amide bonds. The first kappa shape index (κ1) is 20.7. The van der Waals surface area contributed by atoms with Gasteiger partial charge in [0.05, 0.1) is 11.4 Å². The van der Waals surface area contributed by atoms with Crippen molar-refractivity contribution in [2.24, 2.45) is 0 Å². The lowest BCUT2D eigenvalue weighted by atomic mass is 10.2. The Kier molecular flexibility index (Phi) is 5.63. The van der Waals surface area contributed by atoms with Crippen LogP contribution in [0.2, 0.25) is 0 Å². The molecule has 0 spiro atoms. The van der Waals surface area contributed by atoms with E-state index in [0.29, 0.717) is 23.1 Å². The third-order valence-electron chi connectivity index (χ3n) is 5.61. The number of pyridine rings is 1. The van der Waals surface area contributed by atoms with Gasteiger partial charge in [-0.05, 0) is 43.3 Å². The molecule has 7 nitrogen and oxygen atoms in total. The lowest BCUT2D eigenvalue weighted by Gasteiger charge is -2.23. The summed E-state index contributed by atoms with van der Waals surface area (Å²) in [6.07, 6.45) is 4.93. The number of aryl methyl sites for hydroxylation is 1. The van der Waals surface area contributed by atoms with Gasteiger partial charge in [-0.25, -0.2) is 9.97 Å². The van der Waals surface area contributed by atoms with E-state index in [-0.39, 0.29) is 5.91 Å². The highest BCUT2D eigenvalue weighted by Gasteiger charge is 2.20. The number of fused-ring (bicyclic) bond motifs is 2. The van der Waals surface area contributed by atoms with E-state index in [0.717, 1.165) is 43.1 Å². The van der Waals surface area contributed by atoms with E-state index < -0.39 is 0 Å². The first-order chi connectivity index (χ1) is 15.6. The van der Waals surface area contributed by atoms with Crippen molar-refractivity contribution in [3.8, 4) is 5.75 Å². The van der Waals surface area contributed by atoms with Crippen LogP contribution in [0.25, 0.3) is 5.65 Å². The fourth-order valence-electron chi connectivity index (χ4n) is 3.85. The third-order valence-corrected chi connectivity index (χ3v) is 6.61. The van der Waals surface area contributed by atoms with E-state index in [1.165, 1.54) is 10.4 Å². The summed E-state index contributed by atoms with van der Waals surface area (Å²) in [6, 6.07) is 11.2. The minimum atomic E-state index is -0.183. The topological polar surface area (TPSA) is 71.8 Å². The molecule has 0 bridgehead atoms. The molecular weight excluding hydrogens is 422 g/mol. The van der Waals surface area contributed by atoms with Gasteiger partial charge in [-0.15, -0.1) is 11.3 Å². The average molecular weight is 448 g/mol. The molecule has 1 aliphatic heterocycles. The van der Waals surface area contributed by atoms with Crippen molar-refractivity contribution in [1.82, 2.24) is 19.3 Å². The quantitative estimate of drug-likeness (QED) is 0.477. The summed E-state index contributed by atoms with van der Waals surface area (Å²) in [5.74, 6) is 0.444. The van der Waals surface area contributed by atoms with Crippen molar-refractivity contribution in [3.63, 3.8) is 0 Å². The van der Waals surface area contributed by atoms with Crippen LogP contribution in [0.4, 0.5) is 5.13 Å². The normalized spacial score (nSPS) is 13.8. The predicted octanol–water partition coefficient (Wildman–Crippen LogP) is 4.31. The number of rotatable bonds is 6. The van der Waals surface area contributed by atoms with Crippen LogP contribution in [-0.2, 0) is 19.6 Å². The van der Waals surface area contributed by atoms with Gasteiger partial charge in [-0.3, -0.25) is 15.0 Å². The first-order valence-electron chi connectivity index (χ1n) is 10.8. The average Bonchev–Trinajstić information content (AvgIpc) is 3.39. The number of thiazole rings is 1. The molecule has 0 saturated carbocycles. The second-order valence-corrected chi connectivity index (χ2v) is 9.07. The van der Waals surface area contributed by atoms with E-state index in [4.69, 9.17) is 4.74 Å². The molecule has 0 fully saturated rings. The third kappa shape index (κ3) is 4.37. The summed E-state index contributed by atoms with van der Waals surface area (Å²) in [5, 5.41) is 3.61. The molecule has 1 aliphatic rings. The molecule has 3 aromatic heterocycles.